The molecule has 28 heavy (non-hydrogen) atoms. The molecule has 1 aromatic carbocycles. The van der Waals surface area contributed by atoms with Gasteiger partial charge in [0.25, 0.3) is 5.91 Å². The van der Waals surface area contributed by atoms with E-state index in [-0.39, 0.29) is 5.91 Å². The lowest BCUT2D eigenvalue weighted by Crippen LogP contribution is -2.16. The van der Waals surface area contributed by atoms with Gasteiger partial charge in [-0.3, -0.25) is 4.79 Å². The highest BCUT2D eigenvalue weighted by molar-refractivity contribution is 6.05. The zero-order valence-corrected chi connectivity index (χ0v) is 16.5. The molecule has 4 rings (SSSR count). The molecule has 146 valence electrons. The van der Waals surface area contributed by atoms with Gasteiger partial charge in [-0.15, -0.1) is 0 Å². The largest absolute Gasteiger partial charge is 0.480 e. The van der Waals surface area contributed by atoms with Gasteiger partial charge in [-0.2, -0.15) is 10.2 Å². The van der Waals surface area contributed by atoms with Crippen LogP contribution >= 0.6 is 0 Å². The van der Waals surface area contributed by atoms with Gasteiger partial charge < -0.3 is 10.1 Å². The third kappa shape index (κ3) is 3.17. The van der Waals surface area contributed by atoms with E-state index in [9.17, 15) is 4.79 Å². The average molecular weight is 379 g/mol. The van der Waals surface area contributed by atoms with Gasteiger partial charge >= 0.3 is 0 Å². The predicted octanol–water partition coefficient (Wildman–Crippen LogP) is 3.44. The number of nitrogens with one attached hydrogen (secondary N) is 1. The average Bonchev–Trinajstić information content (AvgIpc) is 3.07. The smallest absolute Gasteiger partial charge is 0.276 e. The van der Waals surface area contributed by atoms with Gasteiger partial charge in [0.15, 0.2) is 5.69 Å². The second-order valence-electron chi connectivity index (χ2n) is 7.13. The van der Waals surface area contributed by atoms with Crippen molar-refractivity contribution < 1.29 is 9.53 Å². The van der Waals surface area contributed by atoms with Crippen LogP contribution < -0.4 is 10.1 Å². The topological polar surface area (TPSA) is 74.0 Å². The molecule has 1 N–H and O–H groups in total. The maximum absolute atomic E-state index is 13.2. The first kappa shape index (κ1) is 18.3. The number of methoxy groups -OCH3 is 1. The fourth-order valence-corrected chi connectivity index (χ4v) is 3.93. The minimum Gasteiger partial charge on any atom is -0.480 e. The molecule has 0 saturated carbocycles. The summed E-state index contributed by atoms with van der Waals surface area (Å²) in [7, 11) is 3.36. The monoisotopic (exact) mass is 379 g/mol. The van der Waals surface area contributed by atoms with E-state index < -0.39 is 0 Å². The van der Waals surface area contributed by atoms with Crippen molar-refractivity contribution in [1.29, 1.82) is 0 Å². The molecule has 7 nitrogen and oxygen atoms in total. The maximum Gasteiger partial charge on any atom is 0.276 e. The highest BCUT2D eigenvalue weighted by Crippen LogP contribution is 2.30. The summed E-state index contributed by atoms with van der Waals surface area (Å²) >= 11 is 0. The SMILES string of the molecule is COc1c(NC(=O)c2nn(-c3ccccc3)c3c2CCCCC3)c(C)nn1C. The van der Waals surface area contributed by atoms with Gasteiger partial charge in [-0.1, -0.05) is 24.6 Å². The molecule has 0 atom stereocenters. The van der Waals surface area contributed by atoms with Crippen molar-refractivity contribution in [2.24, 2.45) is 7.05 Å². The number of fused-ring (bicyclic) bond motifs is 1. The number of aromatic nitrogens is 4. The van der Waals surface area contributed by atoms with Crippen LogP contribution in [0.3, 0.4) is 0 Å². The number of ether oxygens (including phenoxy) is 1. The highest BCUT2D eigenvalue weighted by atomic mass is 16.5. The first-order valence-electron chi connectivity index (χ1n) is 9.65. The third-order valence-corrected chi connectivity index (χ3v) is 5.25. The highest BCUT2D eigenvalue weighted by Gasteiger charge is 2.26. The van der Waals surface area contributed by atoms with E-state index >= 15 is 0 Å². The summed E-state index contributed by atoms with van der Waals surface area (Å²) < 4.78 is 8.95. The van der Waals surface area contributed by atoms with Crippen molar-refractivity contribution in [2.75, 3.05) is 12.4 Å². The van der Waals surface area contributed by atoms with Gasteiger partial charge in [0, 0.05) is 18.3 Å². The Morgan fingerprint density at radius 2 is 1.86 bits per heavy atom. The van der Waals surface area contributed by atoms with Crippen LogP contribution in [0.1, 0.15) is 46.7 Å². The molecule has 2 aromatic heterocycles. The van der Waals surface area contributed by atoms with Crippen molar-refractivity contribution in [3.63, 3.8) is 0 Å². The Bertz CT molecular complexity index is 1000. The van der Waals surface area contributed by atoms with Crippen LogP contribution in [0, 0.1) is 6.92 Å². The first-order valence-corrected chi connectivity index (χ1v) is 9.65. The molecule has 0 fully saturated rings. The van der Waals surface area contributed by atoms with E-state index in [0.29, 0.717) is 23.0 Å². The van der Waals surface area contributed by atoms with E-state index in [2.05, 4.69) is 10.4 Å². The molecular formula is C21H25N5O2. The molecule has 3 aromatic rings. The molecule has 0 spiro atoms. The van der Waals surface area contributed by atoms with Gasteiger partial charge in [0.2, 0.25) is 5.88 Å². The van der Waals surface area contributed by atoms with Crippen LogP contribution in [-0.2, 0) is 19.9 Å². The van der Waals surface area contributed by atoms with Gasteiger partial charge in [-0.05, 0) is 44.7 Å². The molecule has 7 heteroatoms. The van der Waals surface area contributed by atoms with Crippen LogP contribution in [-0.4, -0.2) is 32.6 Å². The first-order chi connectivity index (χ1) is 13.6. The third-order valence-electron chi connectivity index (χ3n) is 5.25. The molecule has 1 aliphatic rings. The van der Waals surface area contributed by atoms with Crippen LogP contribution in [0.25, 0.3) is 5.69 Å². The molecule has 0 unspecified atom stereocenters. The van der Waals surface area contributed by atoms with E-state index in [1.54, 1.807) is 18.8 Å². The second-order valence-corrected chi connectivity index (χ2v) is 7.13. The Kier molecular flexibility index (Phi) is 4.90. The van der Waals surface area contributed by atoms with E-state index in [1.807, 2.05) is 41.9 Å². The lowest BCUT2D eigenvalue weighted by atomic mass is 10.1. The zero-order chi connectivity index (χ0) is 19.7. The predicted molar refractivity (Wildman–Crippen MR) is 107 cm³/mol. The fourth-order valence-electron chi connectivity index (χ4n) is 3.93. The number of rotatable bonds is 4. The number of anilines is 1. The number of carbonyl (C=O) groups excluding carboxylic acids is 1. The molecule has 1 aliphatic carbocycles. The molecular weight excluding hydrogens is 354 g/mol. The lowest BCUT2D eigenvalue weighted by Gasteiger charge is -2.07. The summed E-state index contributed by atoms with van der Waals surface area (Å²) in [5, 5.41) is 12.0. The van der Waals surface area contributed by atoms with E-state index in [1.165, 1.54) is 6.42 Å². The maximum atomic E-state index is 13.2. The van der Waals surface area contributed by atoms with Crippen LogP contribution in [0.4, 0.5) is 5.69 Å². The molecule has 1 amide bonds. The number of hydrogen-bond acceptors (Lipinski definition) is 4. The van der Waals surface area contributed by atoms with Crippen LogP contribution in [0.5, 0.6) is 5.88 Å². The number of aryl methyl sites for hydroxylation is 2. The normalized spacial score (nSPS) is 13.7. The Hall–Kier alpha value is -3.09. The quantitative estimate of drug-likeness (QED) is 0.705. The van der Waals surface area contributed by atoms with E-state index in [4.69, 9.17) is 9.84 Å². The summed E-state index contributed by atoms with van der Waals surface area (Å²) in [6.07, 6.45) is 5.15. The summed E-state index contributed by atoms with van der Waals surface area (Å²) in [5.74, 6) is 0.307. The molecule has 0 bridgehead atoms. The second kappa shape index (κ2) is 7.50. The van der Waals surface area contributed by atoms with Crippen molar-refractivity contribution in [2.45, 2.75) is 39.0 Å². The molecule has 0 saturated heterocycles. The summed E-state index contributed by atoms with van der Waals surface area (Å²) in [4.78, 5) is 13.2. The minimum absolute atomic E-state index is 0.220. The molecule has 0 radical (unpaired) electrons. The number of nitrogens with zero attached hydrogens (tertiary/aromatic N) is 4. The van der Waals surface area contributed by atoms with Gasteiger partial charge in [0.1, 0.15) is 5.69 Å². The zero-order valence-electron chi connectivity index (χ0n) is 16.5. The number of amides is 1. The van der Waals surface area contributed by atoms with Crippen molar-refractivity contribution in [3.05, 3.63) is 53.0 Å². The molecule has 0 aliphatic heterocycles. The number of hydrogen-bond donors (Lipinski definition) is 1. The Balaban J connectivity index is 1.75. The van der Waals surface area contributed by atoms with Gasteiger partial charge in [0.05, 0.1) is 18.5 Å². The number of benzene rings is 1. The molecule has 2 heterocycles. The Morgan fingerprint density at radius 3 is 2.61 bits per heavy atom. The summed E-state index contributed by atoms with van der Waals surface area (Å²) in [6.45, 7) is 1.85. The van der Waals surface area contributed by atoms with Gasteiger partial charge in [-0.25, -0.2) is 9.36 Å². The lowest BCUT2D eigenvalue weighted by molar-refractivity contribution is 0.102. The van der Waals surface area contributed by atoms with Crippen molar-refractivity contribution in [3.8, 4) is 11.6 Å². The van der Waals surface area contributed by atoms with Crippen LogP contribution in [0.15, 0.2) is 30.3 Å². The van der Waals surface area contributed by atoms with Crippen molar-refractivity contribution >= 4 is 11.6 Å². The Labute approximate surface area is 164 Å². The summed E-state index contributed by atoms with van der Waals surface area (Å²) in [5.41, 5.74) is 4.97. The minimum atomic E-state index is -0.220. The Morgan fingerprint density at radius 1 is 1.11 bits per heavy atom. The fraction of sp³-hybridized carbons (Fsp3) is 0.381. The summed E-state index contributed by atoms with van der Waals surface area (Å²) in [6, 6.07) is 10.0. The van der Waals surface area contributed by atoms with Crippen LogP contribution in [0.2, 0.25) is 0 Å². The standard InChI is InChI=1S/C21H25N5O2/c1-14-18(21(28-3)25(2)23-14)22-20(27)19-16-12-8-5-9-13-17(16)26(24-19)15-10-6-4-7-11-15/h4,6-7,10-11H,5,8-9,12-13H2,1-3H3,(H,22,27). The van der Waals surface area contributed by atoms with E-state index in [0.717, 1.165) is 42.6 Å². The van der Waals surface area contributed by atoms with Crippen molar-refractivity contribution in [1.82, 2.24) is 19.6 Å². The number of para-hydroxylation sites is 1. The number of carbonyl (C=O) groups is 1.